The van der Waals surface area contributed by atoms with Gasteiger partial charge in [0.05, 0.1) is 6.61 Å². The highest BCUT2D eigenvalue weighted by molar-refractivity contribution is 5.82. The van der Waals surface area contributed by atoms with E-state index in [2.05, 4.69) is 19.9 Å². The number of carbonyl (C=O) groups excluding carboxylic acids is 1. The van der Waals surface area contributed by atoms with Crippen LogP contribution in [0.15, 0.2) is 24.3 Å². The van der Waals surface area contributed by atoms with Gasteiger partial charge in [0.2, 0.25) is 0 Å². The smallest absolute Gasteiger partial charge is 0.175 e. The van der Waals surface area contributed by atoms with Crippen LogP contribution in [0.4, 0.5) is 0 Å². The second kappa shape index (κ2) is 6.01. The highest BCUT2D eigenvalue weighted by Gasteiger charge is 2.23. The Morgan fingerprint density at radius 2 is 2.33 bits per heavy atom. The molecule has 1 aliphatic rings. The molecule has 1 saturated heterocycles. The zero-order valence-electron chi connectivity index (χ0n) is 11.0. The van der Waals surface area contributed by atoms with E-state index in [0.717, 1.165) is 12.2 Å². The average molecular weight is 248 g/mol. The number of Topliss-reactive ketones (excluding diaryl/α,β-unsaturated/α-hetero) is 1. The first-order valence-electron chi connectivity index (χ1n) is 6.50. The molecule has 0 radical (unpaired) electrons. The zero-order valence-corrected chi connectivity index (χ0v) is 11.0. The molecule has 0 N–H and O–H groups in total. The Kier molecular flexibility index (Phi) is 4.37. The molecule has 0 saturated carbocycles. The molecule has 1 unspecified atom stereocenters. The van der Waals surface area contributed by atoms with Crippen molar-refractivity contribution in [2.24, 2.45) is 5.92 Å². The molecule has 1 atom stereocenters. The Morgan fingerprint density at radius 3 is 3.00 bits per heavy atom. The molecular formula is C15H20O3. The second-order valence-corrected chi connectivity index (χ2v) is 5.04. The van der Waals surface area contributed by atoms with Gasteiger partial charge in [-0.05, 0) is 30.0 Å². The van der Waals surface area contributed by atoms with Crippen molar-refractivity contribution in [3.8, 4) is 5.75 Å². The quantitative estimate of drug-likeness (QED) is 0.803. The van der Waals surface area contributed by atoms with Crippen LogP contribution in [0.3, 0.4) is 0 Å². The Labute approximate surface area is 108 Å². The highest BCUT2D eigenvalue weighted by atomic mass is 16.5. The minimum Gasteiger partial charge on any atom is -0.486 e. The summed E-state index contributed by atoms with van der Waals surface area (Å²) in [5, 5.41) is 0. The molecule has 3 nitrogen and oxygen atoms in total. The Bertz CT molecular complexity index is 406. The van der Waals surface area contributed by atoms with Crippen molar-refractivity contribution in [1.29, 1.82) is 0 Å². The summed E-state index contributed by atoms with van der Waals surface area (Å²) in [4.78, 5) is 11.8. The fourth-order valence-electron chi connectivity index (χ4n) is 2.02. The van der Waals surface area contributed by atoms with E-state index in [9.17, 15) is 4.79 Å². The Balaban J connectivity index is 1.89. The molecule has 1 heterocycles. The molecule has 0 spiro atoms. The number of ketones is 1. The first-order valence-corrected chi connectivity index (χ1v) is 6.50. The molecule has 0 amide bonds. The van der Waals surface area contributed by atoms with E-state index in [0.29, 0.717) is 19.1 Å². The van der Waals surface area contributed by atoms with Crippen molar-refractivity contribution in [2.75, 3.05) is 19.8 Å². The Morgan fingerprint density at radius 1 is 1.50 bits per heavy atom. The van der Waals surface area contributed by atoms with Gasteiger partial charge in [0, 0.05) is 12.5 Å². The number of rotatable bonds is 5. The van der Waals surface area contributed by atoms with E-state index in [1.165, 1.54) is 5.56 Å². The summed E-state index contributed by atoms with van der Waals surface area (Å²) in [5.41, 5.74) is 1.23. The maximum absolute atomic E-state index is 11.8. The van der Waals surface area contributed by atoms with Gasteiger partial charge in [-0.3, -0.25) is 4.79 Å². The van der Waals surface area contributed by atoms with Gasteiger partial charge in [-0.1, -0.05) is 26.0 Å². The van der Waals surface area contributed by atoms with Gasteiger partial charge < -0.3 is 9.47 Å². The van der Waals surface area contributed by atoms with E-state index in [-0.39, 0.29) is 18.3 Å². The maximum Gasteiger partial charge on any atom is 0.175 e. The first kappa shape index (κ1) is 13.1. The van der Waals surface area contributed by atoms with Crippen molar-refractivity contribution < 1.29 is 14.3 Å². The lowest BCUT2D eigenvalue weighted by Gasteiger charge is -2.11. The van der Waals surface area contributed by atoms with Gasteiger partial charge in [-0.25, -0.2) is 0 Å². The monoisotopic (exact) mass is 248 g/mol. The van der Waals surface area contributed by atoms with E-state index < -0.39 is 0 Å². The summed E-state index contributed by atoms with van der Waals surface area (Å²) in [6, 6.07) is 7.94. The van der Waals surface area contributed by atoms with Crippen molar-refractivity contribution >= 4 is 5.78 Å². The van der Waals surface area contributed by atoms with Crippen molar-refractivity contribution in [3.63, 3.8) is 0 Å². The summed E-state index contributed by atoms with van der Waals surface area (Å²) in [6.07, 6.45) is 0.828. The van der Waals surface area contributed by atoms with Crippen LogP contribution < -0.4 is 4.74 Å². The zero-order chi connectivity index (χ0) is 13.0. The minimum atomic E-state index is 0.0262. The third-order valence-corrected chi connectivity index (χ3v) is 3.29. The summed E-state index contributed by atoms with van der Waals surface area (Å²) >= 11 is 0. The van der Waals surface area contributed by atoms with Crippen LogP contribution in [-0.4, -0.2) is 25.6 Å². The third kappa shape index (κ3) is 3.33. The van der Waals surface area contributed by atoms with E-state index in [4.69, 9.17) is 9.47 Å². The molecule has 1 aliphatic heterocycles. The van der Waals surface area contributed by atoms with Crippen LogP contribution in [0.2, 0.25) is 0 Å². The van der Waals surface area contributed by atoms with Crippen LogP contribution in [0.25, 0.3) is 0 Å². The van der Waals surface area contributed by atoms with Crippen LogP contribution >= 0.6 is 0 Å². The molecule has 0 bridgehead atoms. The topological polar surface area (TPSA) is 35.5 Å². The molecule has 98 valence electrons. The van der Waals surface area contributed by atoms with Gasteiger partial charge >= 0.3 is 0 Å². The molecule has 2 rings (SSSR count). The lowest BCUT2D eigenvalue weighted by molar-refractivity contribution is -0.124. The normalized spacial score (nSPS) is 19.2. The Hall–Kier alpha value is -1.35. The van der Waals surface area contributed by atoms with Gasteiger partial charge in [-0.15, -0.1) is 0 Å². The molecule has 3 heteroatoms. The highest BCUT2D eigenvalue weighted by Crippen LogP contribution is 2.20. The predicted molar refractivity (Wildman–Crippen MR) is 70.0 cm³/mol. The van der Waals surface area contributed by atoms with Gasteiger partial charge in [0.25, 0.3) is 0 Å². The molecule has 0 aromatic heterocycles. The summed E-state index contributed by atoms with van der Waals surface area (Å²) in [6.45, 7) is 5.67. The fourth-order valence-corrected chi connectivity index (χ4v) is 2.02. The van der Waals surface area contributed by atoms with Crippen LogP contribution in [0, 0.1) is 5.92 Å². The van der Waals surface area contributed by atoms with Crippen LogP contribution in [0.5, 0.6) is 5.75 Å². The predicted octanol–water partition coefficient (Wildman–Crippen LogP) is 2.79. The van der Waals surface area contributed by atoms with Crippen LogP contribution in [-0.2, 0) is 9.53 Å². The molecule has 1 aromatic rings. The summed E-state index contributed by atoms with van der Waals surface area (Å²) < 4.78 is 10.8. The van der Waals surface area contributed by atoms with E-state index in [1.54, 1.807) is 0 Å². The number of carbonyl (C=O) groups is 1. The number of hydrogen-bond acceptors (Lipinski definition) is 3. The number of hydrogen-bond donors (Lipinski definition) is 0. The van der Waals surface area contributed by atoms with E-state index >= 15 is 0 Å². The number of benzene rings is 1. The first-order chi connectivity index (χ1) is 8.66. The minimum absolute atomic E-state index is 0.0262. The van der Waals surface area contributed by atoms with Crippen molar-refractivity contribution in [1.82, 2.24) is 0 Å². The average Bonchev–Trinajstić information content (AvgIpc) is 2.90. The molecule has 1 fully saturated rings. The summed E-state index contributed by atoms with van der Waals surface area (Å²) in [5.74, 6) is 1.40. The standard InChI is InChI=1S/C15H20O3/c1-11(2)12-4-3-5-14(8-12)18-10-15(16)13-6-7-17-9-13/h3-5,8,11,13H,6-7,9-10H2,1-2H3. The van der Waals surface area contributed by atoms with Gasteiger partial charge in [0.15, 0.2) is 5.78 Å². The van der Waals surface area contributed by atoms with Gasteiger partial charge in [0.1, 0.15) is 12.4 Å². The largest absolute Gasteiger partial charge is 0.486 e. The molecule has 0 aliphatic carbocycles. The summed E-state index contributed by atoms with van der Waals surface area (Å²) in [7, 11) is 0. The maximum atomic E-state index is 11.8. The van der Waals surface area contributed by atoms with Crippen LogP contribution in [0.1, 0.15) is 31.7 Å². The van der Waals surface area contributed by atoms with Gasteiger partial charge in [-0.2, -0.15) is 0 Å². The van der Waals surface area contributed by atoms with Crippen molar-refractivity contribution in [2.45, 2.75) is 26.2 Å². The second-order valence-electron chi connectivity index (χ2n) is 5.04. The molecular weight excluding hydrogens is 228 g/mol. The lowest BCUT2D eigenvalue weighted by atomic mass is 10.0. The third-order valence-electron chi connectivity index (χ3n) is 3.29. The lowest BCUT2D eigenvalue weighted by Crippen LogP contribution is -2.21. The molecule has 1 aromatic carbocycles. The molecule has 18 heavy (non-hydrogen) atoms. The number of ether oxygens (including phenoxy) is 2. The van der Waals surface area contributed by atoms with E-state index in [1.807, 2.05) is 18.2 Å². The SMILES string of the molecule is CC(C)c1cccc(OCC(=O)C2CCOC2)c1. The fraction of sp³-hybridized carbons (Fsp3) is 0.533. The van der Waals surface area contributed by atoms with Crippen molar-refractivity contribution in [3.05, 3.63) is 29.8 Å².